The van der Waals surface area contributed by atoms with Gasteiger partial charge in [-0.15, -0.1) is 22.7 Å². The lowest BCUT2D eigenvalue weighted by Gasteiger charge is -2.08. The smallest absolute Gasteiger partial charge is 0.133 e. The van der Waals surface area contributed by atoms with Gasteiger partial charge in [-0.2, -0.15) is 0 Å². The van der Waals surface area contributed by atoms with Crippen molar-refractivity contribution < 1.29 is 5.11 Å². The van der Waals surface area contributed by atoms with Gasteiger partial charge < -0.3 is 10.4 Å². The van der Waals surface area contributed by atoms with Crippen LogP contribution in [0.3, 0.4) is 0 Å². The fourth-order valence-corrected chi connectivity index (χ4v) is 2.91. The second kappa shape index (κ2) is 5.54. The van der Waals surface area contributed by atoms with Crippen molar-refractivity contribution >= 4 is 22.7 Å². The molecule has 86 valence electrons. The SMILES string of the molecule is CC(CO)NCc1cnc(-c2cccs2)s1. The predicted molar refractivity (Wildman–Crippen MR) is 68.8 cm³/mol. The van der Waals surface area contributed by atoms with Gasteiger partial charge in [0.2, 0.25) is 0 Å². The van der Waals surface area contributed by atoms with Gasteiger partial charge in [0.1, 0.15) is 5.01 Å². The van der Waals surface area contributed by atoms with E-state index in [2.05, 4.69) is 21.7 Å². The molecule has 0 aliphatic heterocycles. The average Bonchev–Trinajstić information content (AvgIpc) is 2.95. The maximum Gasteiger partial charge on any atom is 0.133 e. The van der Waals surface area contributed by atoms with Crippen molar-refractivity contribution in [3.05, 3.63) is 28.6 Å². The summed E-state index contributed by atoms with van der Waals surface area (Å²) in [5, 5.41) is 15.3. The van der Waals surface area contributed by atoms with Crippen LogP contribution >= 0.6 is 22.7 Å². The fraction of sp³-hybridized carbons (Fsp3) is 0.364. The van der Waals surface area contributed by atoms with Crippen LogP contribution in [0.4, 0.5) is 0 Å². The standard InChI is InChI=1S/C11H14N2OS2/c1-8(7-14)12-5-9-6-13-11(16-9)10-3-2-4-15-10/h2-4,6,8,12,14H,5,7H2,1H3. The van der Waals surface area contributed by atoms with E-state index in [-0.39, 0.29) is 12.6 Å². The number of aromatic nitrogens is 1. The second-order valence-corrected chi connectivity index (χ2v) is 5.64. The van der Waals surface area contributed by atoms with Crippen LogP contribution in [0.5, 0.6) is 0 Å². The van der Waals surface area contributed by atoms with Gasteiger partial charge in [0.05, 0.1) is 11.5 Å². The molecule has 0 aromatic carbocycles. The Labute approximate surface area is 103 Å². The van der Waals surface area contributed by atoms with Crippen LogP contribution in [0.25, 0.3) is 9.88 Å². The summed E-state index contributed by atoms with van der Waals surface area (Å²) in [6, 6.07) is 4.25. The highest BCUT2D eigenvalue weighted by atomic mass is 32.1. The number of thiophene rings is 1. The van der Waals surface area contributed by atoms with Crippen molar-refractivity contribution in [3.8, 4) is 9.88 Å². The van der Waals surface area contributed by atoms with Gasteiger partial charge in [-0.25, -0.2) is 4.98 Å². The molecule has 0 aliphatic rings. The highest BCUT2D eigenvalue weighted by molar-refractivity contribution is 7.20. The summed E-state index contributed by atoms with van der Waals surface area (Å²) >= 11 is 3.40. The van der Waals surface area contributed by atoms with Gasteiger partial charge in [-0.3, -0.25) is 0 Å². The Kier molecular flexibility index (Phi) is 4.06. The molecule has 16 heavy (non-hydrogen) atoms. The van der Waals surface area contributed by atoms with E-state index >= 15 is 0 Å². The third kappa shape index (κ3) is 2.89. The van der Waals surface area contributed by atoms with E-state index in [0.717, 1.165) is 11.6 Å². The Balaban J connectivity index is 1.98. The molecule has 5 heteroatoms. The highest BCUT2D eigenvalue weighted by Gasteiger charge is 2.06. The van der Waals surface area contributed by atoms with E-state index in [1.165, 1.54) is 9.75 Å². The molecule has 1 atom stereocenters. The van der Waals surface area contributed by atoms with Crippen LogP contribution < -0.4 is 5.32 Å². The van der Waals surface area contributed by atoms with Gasteiger partial charge >= 0.3 is 0 Å². The van der Waals surface area contributed by atoms with E-state index in [0.29, 0.717) is 0 Å². The number of aliphatic hydroxyl groups is 1. The van der Waals surface area contributed by atoms with Crippen molar-refractivity contribution in [1.29, 1.82) is 0 Å². The first-order valence-corrected chi connectivity index (χ1v) is 6.82. The predicted octanol–water partition coefficient (Wildman–Crippen LogP) is 2.34. The van der Waals surface area contributed by atoms with Gasteiger partial charge in [0, 0.05) is 23.7 Å². The lowest BCUT2D eigenvalue weighted by atomic mass is 10.3. The fourth-order valence-electron chi connectivity index (χ4n) is 1.24. The van der Waals surface area contributed by atoms with Crippen LogP contribution in [-0.4, -0.2) is 22.7 Å². The van der Waals surface area contributed by atoms with Crippen LogP contribution in [0.1, 0.15) is 11.8 Å². The molecule has 0 fully saturated rings. The summed E-state index contributed by atoms with van der Waals surface area (Å²) in [5.74, 6) is 0. The first-order chi connectivity index (χ1) is 7.79. The largest absolute Gasteiger partial charge is 0.395 e. The number of thiazole rings is 1. The summed E-state index contributed by atoms with van der Waals surface area (Å²) < 4.78 is 0. The van der Waals surface area contributed by atoms with E-state index in [9.17, 15) is 0 Å². The average molecular weight is 254 g/mol. The Morgan fingerprint density at radius 1 is 1.56 bits per heavy atom. The number of nitrogens with zero attached hydrogens (tertiary/aromatic N) is 1. The van der Waals surface area contributed by atoms with Crippen LogP contribution in [0.2, 0.25) is 0 Å². The van der Waals surface area contributed by atoms with E-state index in [1.807, 2.05) is 19.2 Å². The highest BCUT2D eigenvalue weighted by Crippen LogP contribution is 2.28. The number of rotatable bonds is 5. The zero-order valence-corrected chi connectivity index (χ0v) is 10.6. The minimum Gasteiger partial charge on any atom is -0.395 e. The molecule has 0 saturated heterocycles. The molecule has 2 rings (SSSR count). The summed E-state index contributed by atoms with van der Waals surface area (Å²) in [5.41, 5.74) is 0. The molecule has 2 aromatic rings. The minimum atomic E-state index is 0.132. The Bertz CT molecular complexity index is 425. The van der Waals surface area contributed by atoms with Crippen LogP contribution in [0.15, 0.2) is 23.7 Å². The molecule has 0 amide bonds. The zero-order chi connectivity index (χ0) is 11.4. The van der Waals surface area contributed by atoms with E-state index < -0.39 is 0 Å². The summed E-state index contributed by atoms with van der Waals surface area (Å²) in [7, 11) is 0. The third-order valence-corrected chi connectivity index (χ3v) is 4.22. The molecule has 0 saturated carbocycles. The molecular weight excluding hydrogens is 240 g/mol. The third-order valence-electron chi connectivity index (χ3n) is 2.18. The summed E-state index contributed by atoms with van der Waals surface area (Å²) in [6.45, 7) is 2.89. The van der Waals surface area contributed by atoms with Crippen molar-refractivity contribution in [3.63, 3.8) is 0 Å². The van der Waals surface area contributed by atoms with Gasteiger partial charge in [0.15, 0.2) is 0 Å². The Hall–Kier alpha value is -0.750. The monoisotopic (exact) mass is 254 g/mol. The summed E-state index contributed by atoms with van der Waals surface area (Å²) in [4.78, 5) is 6.80. The molecule has 2 N–H and O–H groups in total. The lowest BCUT2D eigenvalue weighted by molar-refractivity contribution is 0.251. The zero-order valence-electron chi connectivity index (χ0n) is 9.01. The molecule has 0 bridgehead atoms. The second-order valence-electron chi connectivity index (χ2n) is 3.57. The molecule has 2 heterocycles. The Morgan fingerprint density at radius 3 is 3.12 bits per heavy atom. The first-order valence-electron chi connectivity index (χ1n) is 5.12. The van der Waals surface area contributed by atoms with E-state index in [4.69, 9.17) is 5.11 Å². The van der Waals surface area contributed by atoms with E-state index in [1.54, 1.807) is 22.7 Å². The molecule has 0 spiro atoms. The molecule has 3 nitrogen and oxygen atoms in total. The quantitative estimate of drug-likeness (QED) is 0.861. The van der Waals surface area contributed by atoms with Crippen LogP contribution in [-0.2, 0) is 6.54 Å². The van der Waals surface area contributed by atoms with Crippen molar-refractivity contribution in [1.82, 2.24) is 10.3 Å². The maximum absolute atomic E-state index is 8.90. The molecule has 2 aromatic heterocycles. The number of nitrogens with one attached hydrogen (secondary N) is 1. The lowest BCUT2D eigenvalue weighted by Crippen LogP contribution is -2.28. The first kappa shape index (κ1) is 11.7. The molecule has 1 unspecified atom stereocenters. The van der Waals surface area contributed by atoms with Gasteiger partial charge in [0.25, 0.3) is 0 Å². The van der Waals surface area contributed by atoms with Gasteiger partial charge in [-0.05, 0) is 18.4 Å². The Morgan fingerprint density at radius 2 is 2.44 bits per heavy atom. The molecular formula is C11H14N2OS2. The maximum atomic E-state index is 8.90. The van der Waals surface area contributed by atoms with Crippen molar-refractivity contribution in [2.45, 2.75) is 19.5 Å². The topological polar surface area (TPSA) is 45.1 Å². The number of aliphatic hydroxyl groups excluding tert-OH is 1. The normalized spacial score (nSPS) is 12.9. The number of hydrogen-bond donors (Lipinski definition) is 2. The van der Waals surface area contributed by atoms with Crippen LogP contribution in [0, 0.1) is 0 Å². The summed E-state index contributed by atoms with van der Waals surface area (Å²) in [6.07, 6.45) is 1.90. The van der Waals surface area contributed by atoms with Crippen molar-refractivity contribution in [2.24, 2.45) is 0 Å². The minimum absolute atomic E-state index is 0.132. The van der Waals surface area contributed by atoms with Gasteiger partial charge in [-0.1, -0.05) is 6.07 Å². The molecule has 0 radical (unpaired) electrons. The number of hydrogen-bond acceptors (Lipinski definition) is 5. The van der Waals surface area contributed by atoms with Crippen molar-refractivity contribution in [2.75, 3.05) is 6.61 Å². The molecule has 0 aliphatic carbocycles.